The molecule has 0 aliphatic heterocycles. The number of aromatic nitrogens is 1. The lowest BCUT2D eigenvalue weighted by atomic mass is 9.94. The van der Waals surface area contributed by atoms with Crippen LogP contribution in [0.25, 0.3) is 11.3 Å². The highest BCUT2D eigenvalue weighted by Gasteiger charge is 2.40. The Bertz CT molecular complexity index is 974. The van der Waals surface area contributed by atoms with Crippen LogP contribution in [-0.4, -0.2) is 11.0 Å². The van der Waals surface area contributed by atoms with Gasteiger partial charge in [-0.2, -0.15) is 0 Å². The summed E-state index contributed by atoms with van der Waals surface area (Å²) in [7, 11) is 0. The molecule has 0 saturated heterocycles. The van der Waals surface area contributed by atoms with E-state index in [4.69, 9.17) is 11.6 Å². The third kappa shape index (κ3) is 4.39. The lowest BCUT2D eigenvalue weighted by Crippen LogP contribution is -2.19. The Kier molecular flexibility index (Phi) is 5.14. The second-order valence-corrected chi connectivity index (χ2v) is 8.06. The molecule has 4 rings (SSSR count). The number of amides is 2. The summed E-state index contributed by atoms with van der Waals surface area (Å²) in [6.45, 7) is 2.27. The van der Waals surface area contributed by atoms with Crippen molar-refractivity contribution >= 4 is 29.0 Å². The number of hydrogen-bond donors (Lipinski definition) is 3. The molecule has 0 atom stereocenters. The van der Waals surface area contributed by atoms with Crippen molar-refractivity contribution in [1.29, 1.82) is 0 Å². The average Bonchev–Trinajstić information content (AvgIpc) is 3.31. The van der Waals surface area contributed by atoms with E-state index in [0.717, 1.165) is 23.4 Å². The van der Waals surface area contributed by atoms with Gasteiger partial charge in [0.25, 0.3) is 0 Å². The molecule has 1 aromatic heterocycles. The molecule has 0 bridgehead atoms. The molecule has 144 valence electrons. The fraction of sp³-hybridized carbons (Fsp3) is 0.261. The normalized spacial score (nSPS) is 14.5. The molecule has 2 aromatic carbocycles. The van der Waals surface area contributed by atoms with Gasteiger partial charge in [-0.15, -0.1) is 0 Å². The zero-order valence-corrected chi connectivity index (χ0v) is 16.6. The first-order chi connectivity index (χ1) is 13.5. The monoisotopic (exact) mass is 393 g/mol. The predicted molar refractivity (Wildman–Crippen MR) is 116 cm³/mol. The van der Waals surface area contributed by atoms with Crippen molar-refractivity contribution in [2.45, 2.75) is 32.6 Å². The van der Waals surface area contributed by atoms with E-state index >= 15 is 0 Å². The summed E-state index contributed by atoms with van der Waals surface area (Å²) in [5.74, 6) is 0. The minimum absolute atomic E-state index is 0.267. The van der Waals surface area contributed by atoms with E-state index in [1.807, 2.05) is 42.5 Å². The van der Waals surface area contributed by atoms with Crippen LogP contribution in [0.2, 0.25) is 5.02 Å². The van der Waals surface area contributed by atoms with E-state index < -0.39 is 0 Å². The molecule has 0 spiro atoms. The van der Waals surface area contributed by atoms with E-state index in [1.54, 1.807) is 6.20 Å². The Morgan fingerprint density at radius 2 is 1.82 bits per heavy atom. The molecule has 3 aromatic rings. The van der Waals surface area contributed by atoms with Crippen LogP contribution in [0.5, 0.6) is 0 Å². The van der Waals surface area contributed by atoms with Crippen molar-refractivity contribution in [3.05, 3.63) is 71.4 Å². The van der Waals surface area contributed by atoms with Crippen molar-refractivity contribution < 1.29 is 4.79 Å². The van der Waals surface area contributed by atoms with Gasteiger partial charge in [-0.25, -0.2) is 4.79 Å². The van der Waals surface area contributed by atoms with Crippen LogP contribution in [0.4, 0.5) is 16.2 Å². The Morgan fingerprint density at radius 3 is 2.50 bits per heavy atom. The lowest BCUT2D eigenvalue weighted by molar-refractivity contribution is 0.262. The topological polar surface area (TPSA) is 56.9 Å². The number of anilines is 2. The molecule has 4 nitrogen and oxygen atoms in total. The summed E-state index contributed by atoms with van der Waals surface area (Å²) in [6.07, 6.45) is 6.80. The first-order valence-electron chi connectivity index (χ1n) is 9.67. The number of benzene rings is 2. The van der Waals surface area contributed by atoms with Crippen LogP contribution in [0.1, 0.15) is 31.7 Å². The van der Waals surface area contributed by atoms with Gasteiger partial charge in [0.2, 0.25) is 0 Å². The molecular formula is C23H24ClN3O. The lowest BCUT2D eigenvalue weighted by Gasteiger charge is -2.13. The van der Waals surface area contributed by atoms with Crippen LogP contribution < -0.4 is 10.6 Å². The number of nitrogens with one attached hydrogen (secondary N) is 3. The molecule has 2 amide bonds. The van der Waals surface area contributed by atoms with Crippen molar-refractivity contribution in [2.75, 3.05) is 10.6 Å². The first kappa shape index (κ1) is 18.6. The second kappa shape index (κ2) is 7.72. The maximum absolute atomic E-state index is 12.3. The summed E-state index contributed by atoms with van der Waals surface area (Å²) in [6, 6.07) is 17.3. The number of aromatic amines is 1. The Balaban J connectivity index is 1.34. The highest BCUT2D eigenvalue weighted by atomic mass is 35.5. The van der Waals surface area contributed by atoms with Crippen molar-refractivity contribution in [1.82, 2.24) is 4.98 Å². The van der Waals surface area contributed by atoms with Crippen LogP contribution in [0, 0.1) is 5.41 Å². The largest absolute Gasteiger partial charge is 0.359 e. The summed E-state index contributed by atoms with van der Waals surface area (Å²) in [5.41, 5.74) is 5.21. The van der Waals surface area contributed by atoms with Crippen molar-refractivity contribution in [3.8, 4) is 11.3 Å². The number of H-pyrrole nitrogens is 1. The van der Waals surface area contributed by atoms with Gasteiger partial charge in [-0.3, -0.25) is 0 Å². The zero-order valence-electron chi connectivity index (χ0n) is 15.9. The molecule has 3 N–H and O–H groups in total. The molecule has 0 radical (unpaired) electrons. The average molecular weight is 394 g/mol. The van der Waals surface area contributed by atoms with Crippen LogP contribution in [-0.2, 0) is 6.42 Å². The maximum Gasteiger partial charge on any atom is 0.323 e. The molecule has 1 fully saturated rings. The van der Waals surface area contributed by atoms with Gasteiger partial charge in [0.05, 0.1) is 5.69 Å². The minimum Gasteiger partial charge on any atom is -0.359 e. The van der Waals surface area contributed by atoms with Gasteiger partial charge in [0.1, 0.15) is 0 Å². The van der Waals surface area contributed by atoms with Crippen molar-refractivity contribution in [3.63, 3.8) is 0 Å². The minimum atomic E-state index is -0.267. The van der Waals surface area contributed by atoms with Gasteiger partial charge in [0.15, 0.2) is 0 Å². The van der Waals surface area contributed by atoms with Crippen molar-refractivity contribution in [2.24, 2.45) is 5.41 Å². The molecule has 0 unspecified atom stereocenters. The summed E-state index contributed by atoms with van der Waals surface area (Å²) in [5, 5.41) is 6.41. The number of halogens is 1. The van der Waals surface area contributed by atoms with E-state index in [-0.39, 0.29) is 6.03 Å². The van der Waals surface area contributed by atoms with E-state index in [1.165, 1.54) is 24.8 Å². The van der Waals surface area contributed by atoms with E-state index in [2.05, 4.69) is 34.7 Å². The van der Waals surface area contributed by atoms with Gasteiger partial charge in [-0.05, 0) is 66.1 Å². The van der Waals surface area contributed by atoms with Crippen LogP contribution in [0.3, 0.4) is 0 Å². The Morgan fingerprint density at radius 1 is 1.07 bits per heavy atom. The Labute approximate surface area is 170 Å². The zero-order chi connectivity index (χ0) is 19.6. The highest BCUT2D eigenvalue weighted by molar-refractivity contribution is 6.30. The molecule has 1 aliphatic carbocycles. The Hall–Kier alpha value is -2.72. The van der Waals surface area contributed by atoms with Gasteiger partial charge in [0, 0.05) is 22.6 Å². The third-order valence-electron chi connectivity index (χ3n) is 5.57. The molecular weight excluding hydrogens is 370 g/mol. The smallest absolute Gasteiger partial charge is 0.323 e. The number of rotatable bonds is 6. The standard InChI is InChI=1S/C23H24ClN3O/c1-2-23(10-11-23)14-16-6-8-19(9-7-16)26-22(28)27-20-13-21(25-15-20)17-4-3-5-18(24)12-17/h3-9,12-13,15,25H,2,10-11,14H2,1H3,(H2,26,27,28). The number of carbonyl (C=O) groups excluding carboxylic acids is 1. The number of hydrogen-bond acceptors (Lipinski definition) is 1. The predicted octanol–water partition coefficient (Wildman–Crippen LogP) is 6.71. The molecule has 1 saturated carbocycles. The summed E-state index contributed by atoms with van der Waals surface area (Å²) in [4.78, 5) is 15.5. The summed E-state index contributed by atoms with van der Waals surface area (Å²) >= 11 is 6.04. The fourth-order valence-electron chi connectivity index (χ4n) is 3.55. The first-order valence-corrected chi connectivity index (χ1v) is 10.0. The molecule has 1 heterocycles. The van der Waals surface area contributed by atoms with Crippen LogP contribution in [0.15, 0.2) is 60.8 Å². The quantitative estimate of drug-likeness (QED) is 0.428. The van der Waals surface area contributed by atoms with Gasteiger partial charge >= 0.3 is 6.03 Å². The molecule has 28 heavy (non-hydrogen) atoms. The van der Waals surface area contributed by atoms with E-state index in [0.29, 0.717) is 16.1 Å². The number of urea groups is 1. The van der Waals surface area contributed by atoms with Gasteiger partial charge < -0.3 is 15.6 Å². The van der Waals surface area contributed by atoms with Crippen LogP contribution >= 0.6 is 11.6 Å². The maximum atomic E-state index is 12.3. The summed E-state index contributed by atoms with van der Waals surface area (Å²) < 4.78 is 0. The third-order valence-corrected chi connectivity index (χ3v) is 5.81. The fourth-order valence-corrected chi connectivity index (χ4v) is 3.74. The highest BCUT2D eigenvalue weighted by Crippen LogP contribution is 2.51. The molecule has 5 heteroatoms. The SMILES string of the molecule is CCC1(Cc2ccc(NC(=O)Nc3c[nH]c(-c4cccc(Cl)c4)c3)cc2)CC1. The van der Waals surface area contributed by atoms with Gasteiger partial charge in [-0.1, -0.05) is 49.2 Å². The second-order valence-electron chi connectivity index (χ2n) is 7.62. The van der Waals surface area contributed by atoms with E-state index in [9.17, 15) is 4.79 Å². The number of carbonyl (C=O) groups is 1. The molecule has 1 aliphatic rings.